The molecule has 0 saturated carbocycles. The summed E-state index contributed by atoms with van der Waals surface area (Å²) in [6, 6.07) is 14.3. The fraction of sp³-hybridized carbons (Fsp3) is 0.368. The van der Waals surface area contributed by atoms with E-state index in [1.54, 1.807) is 0 Å². The number of rotatable bonds is 6. The van der Waals surface area contributed by atoms with E-state index in [-0.39, 0.29) is 17.4 Å². The Bertz CT molecular complexity index is 812. The summed E-state index contributed by atoms with van der Waals surface area (Å²) in [6.45, 7) is 1.97. The maximum Gasteiger partial charge on any atom is 0.240 e. The number of sulfonamides is 1. The third kappa shape index (κ3) is 4.67. The van der Waals surface area contributed by atoms with Gasteiger partial charge in [-0.05, 0) is 42.8 Å². The fourth-order valence-corrected chi connectivity index (χ4v) is 4.58. The first-order chi connectivity index (χ1) is 12.5. The maximum atomic E-state index is 13.1. The number of piperidine rings is 1. The highest BCUT2D eigenvalue weighted by molar-refractivity contribution is 7.89. The number of benzene rings is 2. The van der Waals surface area contributed by atoms with E-state index in [2.05, 4.69) is 9.62 Å². The van der Waals surface area contributed by atoms with Crippen molar-refractivity contribution in [1.82, 2.24) is 9.62 Å². The van der Waals surface area contributed by atoms with Crippen molar-refractivity contribution in [1.29, 1.82) is 0 Å². The van der Waals surface area contributed by atoms with Crippen molar-refractivity contribution in [3.8, 4) is 0 Å². The zero-order valence-corrected chi connectivity index (χ0v) is 15.2. The minimum absolute atomic E-state index is 0.0239. The lowest BCUT2D eigenvalue weighted by atomic mass is 9.93. The molecule has 1 aliphatic rings. The van der Waals surface area contributed by atoms with Crippen LogP contribution in [0.25, 0.3) is 0 Å². The van der Waals surface area contributed by atoms with E-state index < -0.39 is 21.9 Å². The van der Waals surface area contributed by atoms with Gasteiger partial charge in [0.2, 0.25) is 10.0 Å². The van der Waals surface area contributed by atoms with Crippen LogP contribution < -0.4 is 4.72 Å². The van der Waals surface area contributed by atoms with Crippen LogP contribution in [-0.2, 0) is 16.6 Å². The first kappa shape index (κ1) is 19.0. The SMILES string of the molecule is O=S(=O)(N[C@@H]1CN(Cc2ccccc2)CC[C@H]1CO)c1ccc(F)cc1. The van der Waals surface area contributed by atoms with Crippen LogP contribution in [0.4, 0.5) is 4.39 Å². The lowest BCUT2D eigenvalue weighted by Crippen LogP contribution is -2.53. The molecule has 3 rings (SSSR count). The van der Waals surface area contributed by atoms with Gasteiger partial charge in [-0.2, -0.15) is 0 Å². The molecular weight excluding hydrogens is 355 g/mol. The molecule has 5 nitrogen and oxygen atoms in total. The Kier molecular flexibility index (Phi) is 6.03. The Balaban J connectivity index is 1.72. The molecule has 1 aliphatic heterocycles. The van der Waals surface area contributed by atoms with Crippen LogP contribution >= 0.6 is 0 Å². The Morgan fingerprint density at radius 1 is 1.12 bits per heavy atom. The molecule has 2 atom stereocenters. The first-order valence-electron chi connectivity index (χ1n) is 8.63. The lowest BCUT2D eigenvalue weighted by Gasteiger charge is -2.38. The summed E-state index contributed by atoms with van der Waals surface area (Å²) in [5.41, 5.74) is 1.16. The van der Waals surface area contributed by atoms with Gasteiger partial charge in [-0.15, -0.1) is 0 Å². The molecule has 2 N–H and O–H groups in total. The predicted molar refractivity (Wildman–Crippen MR) is 97.4 cm³/mol. The largest absolute Gasteiger partial charge is 0.396 e. The van der Waals surface area contributed by atoms with E-state index in [0.717, 1.165) is 30.8 Å². The molecule has 1 heterocycles. The van der Waals surface area contributed by atoms with E-state index >= 15 is 0 Å². The number of halogens is 1. The summed E-state index contributed by atoms with van der Waals surface area (Å²) >= 11 is 0. The van der Waals surface area contributed by atoms with Crippen LogP contribution in [0, 0.1) is 11.7 Å². The topological polar surface area (TPSA) is 69.6 Å². The van der Waals surface area contributed by atoms with Crippen molar-refractivity contribution in [2.45, 2.75) is 23.9 Å². The van der Waals surface area contributed by atoms with Crippen molar-refractivity contribution >= 4 is 10.0 Å². The lowest BCUT2D eigenvalue weighted by molar-refractivity contribution is 0.101. The molecule has 140 valence electrons. The zero-order chi connectivity index (χ0) is 18.6. The number of aliphatic hydroxyl groups excluding tert-OH is 1. The number of nitrogens with one attached hydrogen (secondary N) is 1. The molecule has 0 radical (unpaired) electrons. The highest BCUT2D eigenvalue weighted by Crippen LogP contribution is 2.21. The van der Waals surface area contributed by atoms with Gasteiger partial charge in [-0.25, -0.2) is 17.5 Å². The molecule has 0 spiro atoms. The summed E-state index contributed by atoms with van der Waals surface area (Å²) in [7, 11) is -3.77. The van der Waals surface area contributed by atoms with Crippen molar-refractivity contribution in [2.24, 2.45) is 5.92 Å². The van der Waals surface area contributed by atoms with Crippen molar-refractivity contribution < 1.29 is 17.9 Å². The van der Waals surface area contributed by atoms with Gasteiger partial charge in [0.05, 0.1) is 4.90 Å². The average molecular weight is 378 g/mol. The summed E-state index contributed by atoms with van der Waals surface area (Å²) in [5.74, 6) is -0.624. The molecule has 1 saturated heterocycles. The highest BCUT2D eigenvalue weighted by atomic mass is 32.2. The summed E-state index contributed by atoms with van der Waals surface area (Å²) in [5, 5.41) is 9.64. The van der Waals surface area contributed by atoms with Crippen LogP contribution in [0.3, 0.4) is 0 Å². The van der Waals surface area contributed by atoms with E-state index in [4.69, 9.17) is 0 Å². The van der Waals surface area contributed by atoms with Gasteiger partial charge < -0.3 is 5.11 Å². The molecular formula is C19H23FN2O3S. The third-order valence-corrected chi connectivity index (χ3v) is 6.26. The molecule has 2 aromatic rings. The molecule has 0 bridgehead atoms. The minimum Gasteiger partial charge on any atom is -0.396 e. The normalized spacial score (nSPS) is 21.6. The third-order valence-electron chi connectivity index (χ3n) is 4.75. The molecule has 7 heteroatoms. The number of likely N-dealkylation sites (tertiary alicyclic amines) is 1. The monoisotopic (exact) mass is 378 g/mol. The van der Waals surface area contributed by atoms with Gasteiger partial charge >= 0.3 is 0 Å². The van der Waals surface area contributed by atoms with Crippen molar-refractivity contribution in [2.75, 3.05) is 19.7 Å². The second-order valence-electron chi connectivity index (χ2n) is 6.63. The van der Waals surface area contributed by atoms with Crippen LogP contribution in [0.5, 0.6) is 0 Å². The van der Waals surface area contributed by atoms with Gasteiger partial charge in [0.1, 0.15) is 5.82 Å². The predicted octanol–water partition coefficient (Wildman–Crippen LogP) is 1.99. The molecule has 2 aromatic carbocycles. The fourth-order valence-electron chi connectivity index (χ4n) is 3.29. The van der Waals surface area contributed by atoms with E-state index in [1.165, 1.54) is 12.1 Å². The Morgan fingerprint density at radius 2 is 1.81 bits per heavy atom. The molecule has 0 unspecified atom stereocenters. The van der Waals surface area contributed by atoms with Gasteiger partial charge in [0.15, 0.2) is 0 Å². The van der Waals surface area contributed by atoms with Crippen LogP contribution in [0.2, 0.25) is 0 Å². The number of hydrogen-bond donors (Lipinski definition) is 2. The van der Waals surface area contributed by atoms with Gasteiger partial charge in [0, 0.05) is 31.7 Å². The van der Waals surface area contributed by atoms with Gasteiger partial charge in [-0.3, -0.25) is 4.90 Å². The summed E-state index contributed by atoms with van der Waals surface area (Å²) in [6.07, 6.45) is 0.708. The van der Waals surface area contributed by atoms with E-state index in [9.17, 15) is 17.9 Å². The second kappa shape index (κ2) is 8.26. The van der Waals surface area contributed by atoms with Crippen LogP contribution in [0.1, 0.15) is 12.0 Å². The zero-order valence-electron chi connectivity index (χ0n) is 14.4. The van der Waals surface area contributed by atoms with E-state index in [1.807, 2.05) is 30.3 Å². The smallest absolute Gasteiger partial charge is 0.240 e. The maximum absolute atomic E-state index is 13.1. The first-order valence-corrected chi connectivity index (χ1v) is 10.1. The van der Waals surface area contributed by atoms with Gasteiger partial charge in [-0.1, -0.05) is 30.3 Å². The van der Waals surface area contributed by atoms with Crippen LogP contribution in [-0.4, -0.2) is 44.2 Å². The Hall–Kier alpha value is -1.80. The Labute approximate surface area is 153 Å². The molecule has 0 aliphatic carbocycles. The van der Waals surface area contributed by atoms with Gasteiger partial charge in [0.25, 0.3) is 0 Å². The number of aliphatic hydroxyl groups is 1. The quantitative estimate of drug-likeness (QED) is 0.807. The average Bonchev–Trinajstić information content (AvgIpc) is 2.63. The van der Waals surface area contributed by atoms with Crippen LogP contribution in [0.15, 0.2) is 59.5 Å². The van der Waals surface area contributed by atoms with Crippen molar-refractivity contribution in [3.05, 3.63) is 66.0 Å². The Morgan fingerprint density at radius 3 is 2.46 bits per heavy atom. The summed E-state index contributed by atoms with van der Waals surface area (Å²) in [4.78, 5) is 2.20. The molecule has 0 amide bonds. The highest BCUT2D eigenvalue weighted by Gasteiger charge is 2.32. The molecule has 0 aromatic heterocycles. The number of nitrogens with zero attached hydrogens (tertiary/aromatic N) is 1. The minimum atomic E-state index is -3.77. The summed E-state index contributed by atoms with van der Waals surface area (Å²) < 4.78 is 41.0. The van der Waals surface area contributed by atoms with E-state index in [0.29, 0.717) is 13.0 Å². The molecule has 26 heavy (non-hydrogen) atoms. The van der Waals surface area contributed by atoms with Crippen molar-refractivity contribution in [3.63, 3.8) is 0 Å². The standard InChI is InChI=1S/C19H23FN2O3S/c20-17-6-8-18(9-7-17)26(24,25)21-19-13-22(11-10-16(19)14-23)12-15-4-2-1-3-5-15/h1-9,16,19,21,23H,10-14H2/t16-,19+/m0/s1. The molecule has 1 fully saturated rings. The second-order valence-corrected chi connectivity index (χ2v) is 8.35. The number of hydrogen-bond acceptors (Lipinski definition) is 4.